The summed E-state index contributed by atoms with van der Waals surface area (Å²) in [6.45, 7) is 1.70. The van der Waals surface area contributed by atoms with E-state index >= 15 is 0 Å². The van der Waals surface area contributed by atoms with Crippen LogP contribution in [0.3, 0.4) is 0 Å². The van der Waals surface area contributed by atoms with Gasteiger partial charge in [0.15, 0.2) is 17.5 Å². The summed E-state index contributed by atoms with van der Waals surface area (Å²) in [7, 11) is 0. The number of aromatic nitrogens is 2. The average molecular weight is 355 g/mol. The van der Waals surface area contributed by atoms with Gasteiger partial charge in [-0.25, -0.2) is 18.7 Å². The third-order valence-electron chi connectivity index (χ3n) is 3.72. The topological polar surface area (TPSA) is 75.1 Å². The smallest absolute Gasteiger partial charge is 0.229 e. The van der Waals surface area contributed by atoms with Crippen molar-refractivity contribution in [1.82, 2.24) is 9.97 Å². The molecule has 2 N–H and O–H groups in total. The number of hydrogen-bond donors (Lipinski definition) is 2. The molecule has 3 aromatic rings. The molecule has 132 valence electrons. The molecule has 0 radical (unpaired) electrons. The first-order valence-corrected chi connectivity index (χ1v) is 7.79. The molecule has 0 aliphatic rings. The van der Waals surface area contributed by atoms with Crippen LogP contribution in [0.15, 0.2) is 48.7 Å². The summed E-state index contributed by atoms with van der Waals surface area (Å²) in [4.78, 5) is 20.7. The summed E-state index contributed by atoms with van der Waals surface area (Å²) in [5.41, 5.74) is 2.24. The number of aromatic hydroxyl groups is 1. The maximum absolute atomic E-state index is 13.2. The molecule has 2 aromatic carbocycles. The number of rotatable bonds is 4. The summed E-state index contributed by atoms with van der Waals surface area (Å²) < 4.78 is 26.1. The van der Waals surface area contributed by atoms with Gasteiger partial charge in [-0.1, -0.05) is 6.07 Å². The second kappa shape index (κ2) is 7.26. The highest BCUT2D eigenvalue weighted by atomic mass is 19.2. The van der Waals surface area contributed by atoms with Crippen LogP contribution in [0.5, 0.6) is 5.75 Å². The molecular weight excluding hydrogens is 340 g/mol. The standard InChI is InChI=1S/C19H15F2N3O2/c1-11-19(22-10-17(23-11)13-3-5-14(25)6-4-13)24-18(26)9-12-2-7-15(20)16(21)8-12/h2-8,10,25H,9H2,1H3,(H,22,24,26). The molecule has 0 bridgehead atoms. The van der Waals surface area contributed by atoms with E-state index in [9.17, 15) is 18.7 Å². The van der Waals surface area contributed by atoms with Gasteiger partial charge in [-0.05, 0) is 48.9 Å². The summed E-state index contributed by atoms with van der Waals surface area (Å²) in [5.74, 6) is -1.92. The van der Waals surface area contributed by atoms with Crippen LogP contribution in [-0.4, -0.2) is 21.0 Å². The summed E-state index contributed by atoms with van der Waals surface area (Å²) in [6.07, 6.45) is 1.39. The molecule has 0 atom stereocenters. The van der Waals surface area contributed by atoms with Crippen molar-refractivity contribution in [3.8, 4) is 17.0 Å². The lowest BCUT2D eigenvalue weighted by molar-refractivity contribution is -0.115. The lowest BCUT2D eigenvalue weighted by Gasteiger charge is -2.09. The van der Waals surface area contributed by atoms with Crippen LogP contribution in [0.25, 0.3) is 11.3 Å². The molecule has 0 fully saturated rings. The molecule has 0 saturated heterocycles. The predicted molar refractivity (Wildman–Crippen MR) is 92.6 cm³/mol. The lowest BCUT2D eigenvalue weighted by atomic mass is 10.1. The van der Waals surface area contributed by atoms with Crippen molar-refractivity contribution in [3.63, 3.8) is 0 Å². The molecule has 1 heterocycles. The Labute approximate surface area is 148 Å². The van der Waals surface area contributed by atoms with Gasteiger partial charge in [-0.15, -0.1) is 0 Å². The van der Waals surface area contributed by atoms with Gasteiger partial charge >= 0.3 is 0 Å². The molecule has 0 spiro atoms. The number of anilines is 1. The van der Waals surface area contributed by atoms with Gasteiger partial charge in [-0.2, -0.15) is 0 Å². The van der Waals surface area contributed by atoms with Crippen LogP contribution in [0.1, 0.15) is 11.3 Å². The molecule has 7 heteroatoms. The molecule has 1 amide bonds. The molecular formula is C19H15F2N3O2. The quantitative estimate of drug-likeness (QED) is 0.750. The fraction of sp³-hybridized carbons (Fsp3) is 0.105. The molecule has 0 aliphatic heterocycles. The average Bonchev–Trinajstić information content (AvgIpc) is 2.60. The van der Waals surface area contributed by atoms with E-state index in [1.54, 1.807) is 31.2 Å². The number of aryl methyl sites for hydroxylation is 1. The zero-order valence-electron chi connectivity index (χ0n) is 13.8. The Bertz CT molecular complexity index is 959. The molecule has 26 heavy (non-hydrogen) atoms. The number of amides is 1. The van der Waals surface area contributed by atoms with Crippen LogP contribution in [0.4, 0.5) is 14.6 Å². The zero-order chi connectivity index (χ0) is 18.7. The summed E-state index contributed by atoms with van der Waals surface area (Å²) in [6, 6.07) is 9.83. The molecule has 0 saturated carbocycles. The van der Waals surface area contributed by atoms with E-state index in [0.717, 1.165) is 17.7 Å². The van der Waals surface area contributed by atoms with Gasteiger partial charge in [0.05, 0.1) is 24.0 Å². The highest BCUT2D eigenvalue weighted by molar-refractivity contribution is 5.91. The van der Waals surface area contributed by atoms with Gasteiger partial charge < -0.3 is 10.4 Å². The zero-order valence-corrected chi connectivity index (χ0v) is 13.8. The van der Waals surface area contributed by atoms with Crippen LogP contribution in [0, 0.1) is 18.6 Å². The molecule has 3 rings (SSSR count). The minimum Gasteiger partial charge on any atom is -0.508 e. The van der Waals surface area contributed by atoms with Crippen molar-refractivity contribution in [1.29, 1.82) is 0 Å². The van der Waals surface area contributed by atoms with Crippen molar-refractivity contribution in [3.05, 3.63) is 71.6 Å². The Morgan fingerprint density at radius 3 is 2.50 bits per heavy atom. The number of phenolic OH excluding ortho intramolecular Hbond substituents is 1. The second-order valence-electron chi connectivity index (χ2n) is 5.71. The predicted octanol–water partition coefficient (Wildman–Crippen LogP) is 3.62. The lowest BCUT2D eigenvalue weighted by Crippen LogP contribution is -2.17. The maximum Gasteiger partial charge on any atom is 0.229 e. The van der Waals surface area contributed by atoms with E-state index in [1.807, 2.05) is 0 Å². The minimum absolute atomic E-state index is 0.113. The van der Waals surface area contributed by atoms with E-state index in [-0.39, 0.29) is 12.2 Å². The van der Waals surface area contributed by atoms with Crippen molar-refractivity contribution in [2.75, 3.05) is 5.32 Å². The van der Waals surface area contributed by atoms with Crippen molar-refractivity contribution < 1.29 is 18.7 Å². The Balaban J connectivity index is 1.72. The third kappa shape index (κ3) is 4.00. The van der Waals surface area contributed by atoms with Crippen molar-refractivity contribution >= 4 is 11.7 Å². The number of hydrogen-bond acceptors (Lipinski definition) is 4. The van der Waals surface area contributed by atoms with Crippen molar-refractivity contribution in [2.45, 2.75) is 13.3 Å². The summed E-state index contributed by atoms with van der Waals surface area (Å²) >= 11 is 0. The Kier molecular flexibility index (Phi) is 4.88. The number of halogens is 2. The first kappa shape index (κ1) is 17.5. The van der Waals surface area contributed by atoms with Crippen molar-refractivity contribution in [2.24, 2.45) is 0 Å². The number of carbonyl (C=O) groups excluding carboxylic acids is 1. The van der Waals surface area contributed by atoms with Gasteiger partial charge in [0.25, 0.3) is 0 Å². The van der Waals surface area contributed by atoms with Crippen LogP contribution in [0.2, 0.25) is 0 Å². The Morgan fingerprint density at radius 2 is 1.85 bits per heavy atom. The fourth-order valence-electron chi connectivity index (χ4n) is 2.39. The van der Waals surface area contributed by atoms with E-state index < -0.39 is 17.5 Å². The molecule has 1 aromatic heterocycles. The normalized spacial score (nSPS) is 10.6. The van der Waals surface area contributed by atoms with Crippen LogP contribution in [-0.2, 0) is 11.2 Å². The van der Waals surface area contributed by atoms with E-state index in [1.165, 1.54) is 12.3 Å². The van der Waals surface area contributed by atoms with Gasteiger partial charge in [0, 0.05) is 5.56 Å². The van der Waals surface area contributed by atoms with Crippen LogP contribution >= 0.6 is 0 Å². The Hall–Kier alpha value is -3.35. The first-order valence-electron chi connectivity index (χ1n) is 7.79. The fourth-order valence-corrected chi connectivity index (χ4v) is 2.39. The van der Waals surface area contributed by atoms with E-state index in [0.29, 0.717) is 22.8 Å². The van der Waals surface area contributed by atoms with E-state index in [4.69, 9.17) is 0 Å². The maximum atomic E-state index is 13.2. The number of carbonyl (C=O) groups is 1. The highest BCUT2D eigenvalue weighted by Crippen LogP contribution is 2.21. The SMILES string of the molecule is Cc1nc(-c2ccc(O)cc2)cnc1NC(=O)Cc1ccc(F)c(F)c1. The molecule has 5 nitrogen and oxygen atoms in total. The summed E-state index contributed by atoms with van der Waals surface area (Å²) in [5, 5.41) is 11.9. The third-order valence-corrected chi connectivity index (χ3v) is 3.72. The molecule has 0 unspecified atom stereocenters. The minimum atomic E-state index is -0.996. The largest absolute Gasteiger partial charge is 0.508 e. The monoisotopic (exact) mass is 355 g/mol. The van der Waals surface area contributed by atoms with Gasteiger partial charge in [-0.3, -0.25) is 4.79 Å². The van der Waals surface area contributed by atoms with Gasteiger partial charge in [0.2, 0.25) is 5.91 Å². The second-order valence-corrected chi connectivity index (χ2v) is 5.71. The van der Waals surface area contributed by atoms with Crippen LogP contribution < -0.4 is 5.32 Å². The molecule has 0 aliphatic carbocycles. The van der Waals surface area contributed by atoms with Gasteiger partial charge in [0.1, 0.15) is 5.75 Å². The Morgan fingerprint density at radius 1 is 1.12 bits per heavy atom. The van der Waals surface area contributed by atoms with E-state index in [2.05, 4.69) is 15.3 Å². The number of benzene rings is 2. The number of phenols is 1. The number of nitrogens with one attached hydrogen (secondary N) is 1. The number of nitrogens with zero attached hydrogens (tertiary/aromatic N) is 2. The highest BCUT2D eigenvalue weighted by Gasteiger charge is 2.11. The first-order chi connectivity index (χ1) is 12.4.